The first-order valence-electron chi connectivity index (χ1n) is 8.24. The van der Waals surface area contributed by atoms with Crippen LogP contribution in [0.4, 0.5) is 0 Å². The third-order valence-electron chi connectivity index (χ3n) is 4.19. The van der Waals surface area contributed by atoms with Crippen molar-refractivity contribution in [3.05, 3.63) is 22.5 Å². The molecule has 2 heterocycles. The number of carbonyl (C=O) groups is 2. The molecule has 0 N–H and O–H groups in total. The van der Waals surface area contributed by atoms with Gasteiger partial charge in [0.2, 0.25) is 0 Å². The molecule has 1 aromatic heterocycles. The van der Waals surface area contributed by atoms with E-state index in [1.54, 1.807) is 27.7 Å². The summed E-state index contributed by atoms with van der Waals surface area (Å²) in [5.74, 6) is -0.710. The number of aromatic nitrogens is 2. The number of hydrogen-bond acceptors (Lipinski definition) is 6. The van der Waals surface area contributed by atoms with Crippen LogP contribution in [0.5, 0.6) is 0 Å². The van der Waals surface area contributed by atoms with Gasteiger partial charge in [-0.15, -0.1) is 0 Å². The number of halogens is 1. The van der Waals surface area contributed by atoms with E-state index in [1.807, 2.05) is 0 Å². The molecule has 144 valence electrons. The molecule has 9 heteroatoms. The molecule has 0 saturated carbocycles. The standard InChI is InChI=1S/C17H23ClN2O5S/c1-11-13(5-6-15(22)25-9-14(21)17(2,3)4)16(18)20(19-11)12-7-8-26(23,24)10-12/h5-6,12H,7-10H2,1-4H3/b6-5+/t12-/m1/s1. The van der Waals surface area contributed by atoms with Gasteiger partial charge in [-0.2, -0.15) is 5.10 Å². The summed E-state index contributed by atoms with van der Waals surface area (Å²) in [5.41, 5.74) is 0.524. The van der Waals surface area contributed by atoms with Crippen LogP contribution < -0.4 is 0 Å². The first kappa shape index (κ1) is 20.6. The van der Waals surface area contributed by atoms with Crippen LogP contribution in [0.3, 0.4) is 0 Å². The number of aryl methyl sites for hydroxylation is 1. The average molecular weight is 403 g/mol. The molecular formula is C17H23ClN2O5S. The number of Topliss-reactive ketones (excluding diaryl/α,β-unsaturated/α-hetero) is 1. The predicted molar refractivity (Wildman–Crippen MR) is 98.7 cm³/mol. The highest BCUT2D eigenvalue weighted by molar-refractivity contribution is 7.91. The van der Waals surface area contributed by atoms with Crippen LogP contribution in [-0.4, -0.2) is 48.1 Å². The average Bonchev–Trinajstić information content (AvgIpc) is 3.01. The van der Waals surface area contributed by atoms with Crippen molar-refractivity contribution in [3.63, 3.8) is 0 Å². The monoisotopic (exact) mass is 402 g/mol. The number of nitrogens with zero attached hydrogens (tertiary/aromatic N) is 2. The van der Waals surface area contributed by atoms with E-state index in [1.165, 1.54) is 16.8 Å². The maximum atomic E-state index is 11.8. The number of hydrogen-bond donors (Lipinski definition) is 0. The lowest BCUT2D eigenvalue weighted by molar-refractivity contribution is -0.145. The molecule has 2 rings (SSSR count). The molecule has 1 fully saturated rings. The normalized spacial score (nSPS) is 19.8. The van der Waals surface area contributed by atoms with Crippen LogP contribution in [0, 0.1) is 12.3 Å². The molecule has 1 saturated heterocycles. The molecule has 0 spiro atoms. The van der Waals surface area contributed by atoms with Gasteiger partial charge in [0.25, 0.3) is 0 Å². The van der Waals surface area contributed by atoms with Crippen LogP contribution in [0.25, 0.3) is 6.08 Å². The zero-order chi connectivity index (χ0) is 19.7. The van der Waals surface area contributed by atoms with E-state index in [0.717, 1.165) is 0 Å². The molecule has 1 aliphatic rings. The Morgan fingerprint density at radius 3 is 2.58 bits per heavy atom. The lowest BCUT2D eigenvalue weighted by atomic mass is 9.91. The van der Waals surface area contributed by atoms with Crippen LogP contribution in [-0.2, 0) is 24.2 Å². The van der Waals surface area contributed by atoms with Gasteiger partial charge in [0, 0.05) is 17.1 Å². The second kappa shape index (κ2) is 7.52. The fourth-order valence-corrected chi connectivity index (χ4v) is 4.55. The molecule has 0 radical (unpaired) electrons. The van der Waals surface area contributed by atoms with Gasteiger partial charge in [-0.1, -0.05) is 32.4 Å². The largest absolute Gasteiger partial charge is 0.455 e. The molecule has 0 bridgehead atoms. The molecule has 0 amide bonds. The quantitative estimate of drug-likeness (QED) is 0.554. The summed E-state index contributed by atoms with van der Waals surface area (Å²) in [5, 5.41) is 4.58. The van der Waals surface area contributed by atoms with Crippen molar-refractivity contribution in [2.75, 3.05) is 18.1 Å². The number of rotatable bonds is 5. The maximum Gasteiger partial charge on any atom is 0.331 e. The van der Waals surface area contributed by atoms with Gasteiger partial charge in [-0.05, 0) is 19.4 Å². The van der Waals surface area contributed by atoms with Gasteiger partial charge in [0.1, 0.15) is 5.15 Å². The smallest absolute Gasteiger partial charge is 0.331 e. The molecule has 1 atom stereocenters. The van der Waals surface area contributed by atoms with Crippen molar-refractivity contribution in [2.45, 2.75) is 40.2 Å². The highest BCUT2D eigenvalue weighted by atomic mass is 35.5. The third kappa shape index (κ3) is 4.94. The number of esters is 1. The Bertz CT molecular complexity index is 849. The fraction of sp³-hybridized carbons (Fsp3) is 0.588. The van der Waals surface area contributed by atoms with Gasteiger partial charge in [0.05, 0.1) is 23.2 Å². The fourth-order valence-electron chi connectivity index (χ4n) is 2.48. The summed E-state index contributed by atoms with van der Waals surface area (Å²) >= 11 is 6.32. The van der Waals surface area contributed by atoms with Crippen molar-refractivity contribution in [1.82, 2.24) is 9.78 Å². The number of sulfone groups is 1. The lowest BCUT2D eigenvalue weighted by Gasteiger charge is -2.15. The summed E-state index contributed by atoms with van der Waals surface area (Å²) in [6, 6.07) is -0.301. The van der Waals surface area contributed by atoms with Crippen LogP contribution in [0.15, 0.2) is 6.08 Å². The molecule has 1 aliphatic heterocycles. The number of carbonyl (C=O) groups excluding carboxylic acids is 2. The van der Waals surface area contributed by atoms with Crippen LogP contribution in [0.2, 0.25) is 5.15 Å². The van der Waals surface area contributed by atoms with Gasteiger partial charge >= 0.3 is 5.97 Å². The zero-order valence-electron chi connectivity index (χ0n) is 15.3. The minimum Gasteiger partial charge on any atom is -0.455 e. The van der Waals surface area contributed by atoms with Crippen molar-refractivity contribution in [2.24, 2.45) is 5.41 Å². The first-order chi connectivity index (χ1) is 11.9. The first-order valence-corrected chi connectivity index (χ1v) is 10.4. The van der Waals surface area contributed by atoms with Crippen molar-refractivity contribution < 1.29 is 22.7 Å². The highest BCUT2D eigenvalue weighted by Crippen LogP contribution is 2.30. The Kier molecular flexibility index (Phi) is 5.97. The van der Waals surface area contributed by atoms with Gasteiger partial charge in [0.15, 0.2) is 22.2 Å². The van der Waals surface area contributed by atoms with Gasteiger partial charge in [-0.25, -0.2) is 17.9 Å². The molecule has 7 nitrogen and oxygen atoms in total. The van der Waals surface area contributed by atoms with Gasteiger partial charge in [-0.3, -0.25) is 4.79 Å². The van der Waals surface area contributed by atoms with E-state index >= 15 is 0 Å². The maximum absolute atomic E-state index is 11.8. The minimum absolute atomic E-state index is 0.00789. The zero-order valence-corrected chi connectivity index (χ0v) is 16.9. The Morgan fingerprint density at radius 1 is 1.38 bits per heavy atom. The SMILES string of the molecule is Cc1nn([C@@H]2CCS(=O)(=O)C2)c(Cl)c1/C=C/C(=O)OCC(=O)C(C)(C)C. The van der Waals surface area contributed by atoms with E-state index in [0.29, 0.717) is 17.7 Å². The van der Waals surface area contributed by atoms with Crippen LogP contribution >= 0.6 is 11.6 Å². The topological polar surface area (TPSA) is 95.3 Å². The predicted octanol–water partition coefficient (Wildman–Crippen LogP) is 2.38. The highest BCUT2D eigenvalue weighted by Gasteiger charge is 2.31. The van der Waals surface area contributed by atoms with E-state index < -0.39 is 21.2 Å². The van der Waals surface area contributed by atoms with E-state index in [2.05, 4.69) is 5.10 Å². The van der Waals surface area contributed by atoms with E-state index in [9.17, 15) is 18.0 Å². The summed E-state index contributed by atoms with van der Waals surface area (Å²) < 4.78 is 29.7. The van der Waals surface area contributed by atoms with E-state index in [-0.39, 0.29) is 35.1 Å². The Labute approximate surface area is 158 Å². The number of ketones is 1. The minimum atomic E-state index is -3.06. The second-order valence-corrected chi connectivity index (χ2v) is 9.99. The summed E-state index contributed by atoms with van der Waals surface area (Å²) in [7, 11) is -3.06. The Hall–Kier alpha value is -1.67. The second-order valence-electron chi connectivity index (χ2n) is 7.41. The Morgan fingerprint density at radius 2 is 2.04 bits per heavy atom. The summed E-state index contributed by atoms with van der Waals surface area (Å²) in [6.07, 6.45) is 3.11. The Balaban J connectivity index is 2.07. The summed E-state index contributed by atoms with van der Waals surface area (Å²) in [6.45, 7) is 6.68. The number of ether oxygens (including phenoxy) is 1. The summed E-state index contributed by atoms with van der Waals surface area (Å²) in [4.78, 5) is 23.6. The molecule has 0 aliphatic carbocycles. The van der Waals surface area contributed by atoms with Gasteiger partial charge < -0.3 is 4.74 Å². The molecule has 0 unspecified atom stereocenters. The molecule has 0 aromatic carbocycles. The van der Waals surface area contributed by atoms with Crippen molar-refractivity contribution in [1.29, 1.82) is 0 Å². The molecule has 26 heavy (non-hydrogen) atoms. The van der Waals surface area contributed by atoms with Crippen molar-refractivity contribution >= 4 is 39.3 Å². The van der Waals surface area contributed by atoms with E-state index in [4.69, 9.17) is 16.3 Å². The molecular weight excluding hydrogens is 380 g/mol. The lowest BCUT2D eigenvalue weighted by Crippen LogP contribution is -2.25. The van der Waals surface area contributed by atoms with Crippen molar-refractivity contribution in [3.8, 4) is 0 Å². The van der Waals surface area contributed by atoms with Crippen LogP contribution in [0.1, 0.15) is 44.5 Å². The third-order valence-corrected chi connectivity index (χ3v) is 6.32. The molecule has 1 aromatic rings.